The summed E-state index contributed by atoms with van der Waals surface area (Å²) in [6.07, 6.45) is 1.59. The molecule has 4 N–H and O–H groups in total. The predicted octanol–water partition coefficient (Wildman–Crippen LogP) is 0.827. The maximum Gasteiger partial charge on any atom is 0.200 e. The molecule has 4 nitrogen and oxygen atoms in total. The van der Waals surface area contributed by atoms with E-state index in [1.165, 1.54) is 12.1 Å². The van der Waals surface area contributed by atoms with Crippen LogP contribution in [0.5, 0.6) is 17.2 Å². The van der Waals surface area contributed by atoms with Crippen LogP contribution in [0.15, 0.2) is 12.1 Å². The quantitative estimate of drug-likeness (QED) is 0.528. The second-order valence-corrected chi connectivity index (χ2v) is 3.77. The minimum atomic E-state index is -0.512. The summed E-state index contributed by atoms with van der Waals surface area (Å²) in [5.74, 6) is -1.18. The minimum absolute atomic E-state index is 0.0508. The van der Waals surface area contributed by atoms with Gasteiger partial charge in [-0.1, -0.05) is 6.07 Å². The van der Waals surface area contributed by atoms with Crippen LogP contribution >= 0.6 is 0 Å². The number of phenols is 3. The lowest BCUT2D eigenvalue weighted by Crippen LogP contribution is -2.11. The molecule has 1 aliphatic rings. The van der Waals surface area contributed by atoms with E-state index in [0.29, 0.717) is 5.56 Å². The summed E-state index contributed by atoms with van der Waals surface area (Å²) in [6.45, 7) is -0.0508. The van der Waals surface area contributed by atoms with Gasteiger partial charge in [-0.2, -0.15) is 0 Å². The van der Waals surface area contributed by atoms with Crippen molar-refractivity contribution in [3.05, 3.63) is 17.7 Å². The highest BCUT2D eigenvalue weighted by atomic mass is 16.3. The summed E-state index contributed by atoms with van der Waals surface area (Å²) >= 11 is 0. The van der Waals surface area contributed by atoms with Crippen molar-refractivity contribution in [3.8, 4) is 17.2 Å². The third-order valence-electron chi connectivity index (χ3n) is 2.86. The van der Waals surface area contributed by atoms with Crippen LogP contribution in [0, 0.1) is 0 Å². The molecular formula is C10H12O4. The van der Waals surface area contributed by atoms with Crippen LogP contribution in [0.1, 0.15) is 18.4 Å². The van der Waals surface area contributed by atoms with Gasteiger partial charge in [-0.3, -0.25) is 0 Å². The molecule has 0 unspecified atom stereocenters. The predicted molar refractivity (Wildman–Crippen MR) is 49.4 cm³/mol. The summed E-state index contributed by atoms with van der Waals surface area (Å²) in [5.41, 5.74) is 0.102. The maximum atomic E-state index is 9.56. The number of aliphatic hydroxyl groups excluding tert-OH is 1. The van der Waals surface area contributed by atoms with Crippen LogP contribution in [0.3, 0.4) is 0 Å². The number of aliphatic hydroxyl groups is 1. The first-order chi connectivity index (χ1) is 6.60. The molecular weight excluding hydrogens is 184 g/mol. The van der Waals surface area contributed by atoms with Crippen LogP contribution in [0.25, 0.3) is 0 Å². The lowest BCUT2D eigenvalue weighted by Gasteiger charge is -2.14. The fourth-order valence-electron chi connectivity index (χ4n) is 1.66. The first kappa shape index (κ1) is 9.15. The number of rotatable bonds is 2. The van der Waals surface area contributed by atoms with Gasteiger partial charge in [0.15, 0.2) is 11.5 Å². The molecule has 2 rings (SSSR count). The van der Waals surface area contributed by atoms with Crippen molar-refractivity contribution in [1.82, 2.24) is 0 Å². The molecule has 1 aromatic carbocycles. The number of phenolic OH excluding ortho intramolecular Hbond substituents is 3. The van der Waals surface area contributed by atoms with Crippen LogP contribution < -0.4 is 0 Å². The lowest BCUT2D eigenvalue weighted by molar-refractivity contribution is 0.250. The molecule has 0 bridgehead atoms. The Labute approximate surface area is 81.1 Å². The van der Waals surface area contributed by atoms with Gasteiger partial charge in [0.25, 0.3) is 0 Å². The molecule has 0 aromatic heterocycles. The van der Waals surface area contributed by atoms with Crippen LogP contribution in [0.2, 0.25) is 0 Å². The van der Waals surface area contributed by atoms with E-state index >= 15 is 0 Å². The van der Waals surface area contributed by atoms with E-state index in [0.717, 1.165) is 12.8 Å². The molecule has 1 fully saturated rings. The Bertz CT molecular complexity index is 369. The molecule has 0 spiro atoms. The second-order valence-electron chi connectivity index (χ2n) is 3.77. The van der Waals surface area contributed by atoms with Crippen molar-refractivity contribution in [2.45, 2.75) is 18.3 Å². The molecule has 0 radical (unpaired) electrons. The molecule has 1 saturated carbocycles. The summed E-state index contributed by atoms with van der Waals surface area (Å²) in [7, 11) is 0. The maximum absolute atomic E-state index is 9.56. The Morgan fingerprint density at radius 1 is 1.07 bits per heavy atom. The van der Waals surface area contributed by atoms with Crippen molar-refractivity contribution in [1.29, 1.82) is 0 Å². The standard InChI is InChI=1S/C10H12O4/c11-5-10(3-4-10)6-1-2-7(12)9(14)8(6)13/h1-2,11-14H,3-5H2. The van der Waals surface area contributed by atoms with Crippen LogP contribution in [0.4, 0.5) is 0 Å². The Kier molecular flexibility index (Phi) is 1.82. The van der Waals surface area contributed by atoms with Crippen molar-refractivity contribution in [2.75, 3.05) is 6.61 Å². The van der Waals surface area contributed by atoms with Gasteiger partial charge in [0.1, 0.15) is 0 Å². The first-order valence-corrected chi connectivity index (χ1v) is 4.46. The van der Waals surface area contributed by atoms with Crippen molar-refractivity contribution in [3.63, 3.8) is 0 Å². The normalized spacial score (nSPS) is 18.1. The molecule has 14 heavy (non-hydrogen) atoms. The van der Waals surface area contributed by atoms with Crippen LogP contribution in [-0.2, 0) is 5.41 Å². The monoisotopic (exact) mass is 196 g/mol. The largest absolute Gasteiger partial charge is 0.504 e. The molecule has 0 amide bonds. The number of hydrogen-bond donors (Lipinski definition) is 4. The van der Waals surface area contributed by atoms with E-state index in [4.69, 9.17) is 10.2 Å². The smallest absolute Gasteiger partial charge is 0.200 e. The lowest BCUT2D eigenvalue weighted by atomic mass is 9.95. The second kappa shape index (κ2) is 2.78. The highest BCUT2D eigenvalue weighted by Gasteiger charge is 2.46. The third-order valence-corrected chi connectivity index (χ3v) is 2.86. The molecule has 4 heteroatoms. The Morgan fingerprint density at radius 3 is 2.21 bits per heavy atom. The van der Waals surface area contributed by atoms with E-state index in [9.17, 15) is 10.2 Å². The first-order valence-electron chi connectivity index (χ1n) is 4.46. The summed E-state index contributed by atoms with van der Waals surface area (Å²) in [5, 5.41) is 37.1. The average Bonchev–Trinajstić information content (AvgIpc) is 2.95. The Hall–Kier alpha value is -1.42. The van der Waals surface area contributed by atoms with Gasteiger partial charge in [-0.25, -0.2) is 0 Å². The molecule has 0 aliphatic heterocycles. The van der Waals surface area contributed by atoms with Gasteiger partial charge in [-0.05, 0) is 18.9 Å². The highest BCUT2D eigenvalue weighted by Crippen LogP contribution is 2.53. The van der Waals surface area contributed by atoms with Gasteiger partial charge >= 0.3 is 0 Å². The average molecular weight is 196 g/mol. The summed E-state index contributed by atoms with van der Waals surface area (Å²) in [4.78, 5) is 0. The molecule has 0 saturated heterocycles. The highest BCUT2D eigenvalue weighted by molar-refractivity contribution is 5.56. The van der Waals surface area contributed by atoms with E-state index in [1.54, 1.807) is 0 Å². The van der Waals surface area contributed by atoms with E-state index in [1.807, 2.05) is 0 Å². The van der Waals surface area contributed by atoms with E-state index < -0.39 is 11.2 Å². The van der Waals surface area contributed by atoms with Gasteiger partial charge in [0.2, 0.25) is 5.75 Å². The summed E-state index contributed by atoms with van der Waals surface area (Å²) < 4.78 is 0. The SMILES string of the molecule is OCC1(c2ccc(O)c(O)c2O)CC1. The Morgan fingerprint density at radius 2 is 1.71 bits per heavy atom. The third kappa shape index (κ3) is 1.11. The van der Waals surface area contributed by atoms with Crippen molar-refractivity contribution >= 4 is 0 Å². The minimum Gasteiger partial charge on any atom is -0.504 e. The van der Waals surface area contributed by atoms with Crippen LogP contribution in [-0.4, -0.2) is 27.0 Å². The zero-order chi connectivity index (χ0) is 10.3. The zero-order valence-corrected chi connectivity index (χ0v) is 7.56. The molecule has 1 aliphatic carbocycles. The molecule has 0 atom stereocenters. The number of aromatic hydroxyl groups is 3. The van der Waals surface area contributed by atoms with Gasteiger partial charge in [-0.15, -0.1) is 0 Å². The molecule has 1 aromatic rings. The van der Waals surface area contributed by atoms with Gasteiger partial charge in [0.05, 0.1) is 6.61 Å². The van der Waals surface area contributed by atoms with Gasteiger partial charge < -0.3 is 20.4 Å². The topological polar surface area (TPSA) is 80.9 Å². The zero-order valence-electron chi connectivity index (χ0n) is 7.56. The van der Waals surface area contributed by atoms with E-state index in [-0.39, 0.29) is 18.1 Å². The van der Waals surface area contributed by atoms with Crippen molar-refractivity contribution < 1.29 is 20.4 Å². The fourth-order valence-corrected chi connectivity index (χ4v) is 1.66. The number of hydrogen-bond acceptors (Lipinski definition) is 4. The van der Waals surface area contributed by atoms with Crippen molar-refractivity contribution in [2.24, 2.45) is 0 Å². The Balaban J connectivity index is 2.50. The van der Waals surface area contributed by atoms with E-state index in [2.05, 4.69) is 0 Å². The van der Waals surface area contributed by atoms with Gasteiger partial charge in [0, 0.05) is 11.0 Å². The summed E-state index contributed by atoms with van der Waals surface area (Å²) in [6, 6.07) is 2.85. The fraction of sp³-hybridized carbons (Fsp3) is 0.400. The molecule has 76 valence electrons. The number of benzene rings is 1. The molecule has 0 heterocycles.